The van der Waals surface area contributed by atoms with Gasteiger partial charge < -0.3 is 14.6 Å². The van der Waals surface area contributed by atoms with Crippen molar-refractivity contribution in [2.75, 3.05) is 5.32 Å². The molecule has 0 aliphatic heterocycles. The number of ether oxygens (including phenoxy) is 1. The Bertz CT molecular complexity index is 672. The van der Waals surface area contributed by atoms with Crippen LogP contribution in [0.1, 0.15) is 37.3 Å². The minimum Gasteiger partial charge on any atom is -0.448 e. The molecule has 0 aliphatic carbocycles. The fraction of sp³-hybridized carbons (Fsp3) is 0.400. The number of esters is 1. The van der Waals surface area contributed by atoms with E-state index in [1.165, 1.54) is 6.92 Å². The maximum Gasteiger partial charge on any atom is 0.355 e. The minimum atomic E-state index is -0.905. The summed E-state index contributed by atoms with van der Waals surface area (Å²) in [6.07, 6.45) is 2.44. The molecule has 1 atom stereocenters. The molecule has 0 radical (unpaired) electrons. The molecule has 2 aromatic heterocycles. The van der Waals surface area contributed by atoms with Gasteiger partial charge >= 0.3 is 5.97 Å². The normalized spacial score (nSPS) is 12.2. The molecule has 1 N–H and O–H groups in total. The van der Waals surface area contributed by atoms with E-state index < -0.39 is 18.0 Å². The van der Waals surface area contributed by atoms with Crippen LogP contribution in [0.5, 0.6) is 0 Å². The summed E-state index contributed by atoms with van der Waals surface area (Å²) in [6, 6.07) is 5.19. The molecule has 2 heterocycles. The summed E-state index contributed by atoms with van der Waals surface area (Å²) in [5.41, 5.74) is 0.395. The zero-order valence-electron chi connectivity index (χ0n) is 13.1. The number of hydrogen-bond donors (Lipinski definition) is 1. The van der Waals surface area contributed by atoms with Crippen LogP contribution in [0.3, 0.4) is 0 Å². The number of amides is 1. The average molecular weight is 304 g/mol. The predicted molar refractivity (Wildman–Crippen MR) is 81.5 cm³/mol. The van der Waals surface area contributed by atoms with Crippen molar-refractivity contribution >= 4 is 17.7 Å². The Morgan fingerprint density at radius 1 is 1.27 bits per heavy atom. The first-order chi connectivity index (χ1) is 10.4. The van der Waals surface area contributed by atoms with Gasteiger partial charge in [-0.05, 0) is 32.9 Å². The van der Waals surface area contributed by atoms with Crippen LogP contribution in [0, 0.1) is 0 Å². The first kappa shape index (κ1) is 15.8. The lowest BCUT2D eigenvalue weighted by molar-refractivity contribution is -0.123. The fourth-order valence-corrected chi connectivity index (χ4v) is 2.00. The van der Waals surface area contributed by atoms with E-state index in [2.05, 4.69) is 10.4 Å². The van der Waals surface area contributed by atoms with Crippen molar-refractivity contribution < 1.29 is 14.3 Å². The van der Waals surface area contributed by atoms with Crippen molar-refractivity contribution in [1.29, 1.82) is 0 Å². The van der Waals surface area contributed by atoms with Crippen LogP contribution in [-0.2, 0) is 16.6 Å². The lowest BCUT2D eigenvalue weighted by atomic mass is 10.3. The van der Waals surface area contributed by atoms with Crippen molar-refractivity contribution in [1.82, 2.24) is 14.3 Å². The Balaban J connectivity index is 1.99. The summed E-state index contributed by atoms with van der Waals surface area (Å²) in [6.45, 7) is 5.45. The summed E-state index contributed by atoms with van der Waals surface area (Å²) in [4.78, 5) is 24.1. The predicted octanol–water partition coefficient (Wildman–Crippen LogP) is 1.99. The van der Waals surface area contributed by atoms with Gasteiger partial charge in [0.25, 0.3) is 5.91 Å². The topological polar surface area (TPSA) is 78.2 Å². The molecular weight excluding hydrogens is 284 g/mol. The third-order valence-electron chi connectivity index (χ3n) is 3.22. The van der Waals surface area contributed by atoms with Crippen LogP contribution in [-0.4, -0.2) is 32.3 Å². The van der Waals surface area contributed by atoms with Gasteiger partial charge in [-0.15, -0.1) is 0 Å². The molecule has 118 valence electrons. The molecule has 7 heteroatoms. The summed E-state index contributed by atoms with van der Waals surface area (Å²) >= 11 is 0. The number of aromatic nitrogens is 3. The van der Waals surface area contributed by atoms with Crippen LogP contribution in [0.2, 0.25) is 0 Å². The minimum absolute atomic E-state index is 0.117. The van der Waals surface area contributed by atoms with Gasteiger partial charge in [-0.3, -0.25) is 4.79 Å². The number of carbonyl (C=O) groups excluding carboxylic acids is 2. The maximum absolute atomic E-state index is 12.1. The molecule has 0 fully saturated rings. The number of hydrogen-bond acceptors (Lipinski definition) is 4. The lowest BCUT2D eigenvalue weighted by Crippen LogP contribution is -2.31. The second kappa shape index (κ2) is 6.46. The molecule has 2 rings (SSSR count). The van der Waals surface area contributed by atoms with E-state index in [0.717, 1.165) is 0 Å². The smallest absolute Gasteiger partial charge is 0.355 e. The monoisotopic (exact) mass is 304 g/mol. The first-order valence-electron chi connectivity index (χ1n) is 7.07. The van der Waals surface area contributed by atoms with Crippen LogP contribution < -0.4 is 5.32 Å². The third-order valence-corrected chi connectivity index (χ3v) is 3.22. The molecule has 22 heavy (non-hydrogen) atoms. The number of nitrogens with one attached hydrogen (secondary N) is 1. The second-order valence-electron chi connectivity index (χ2n) is 5.30. The summed E-state index contributed by atoms with van der Waals surface area (Å²) in [7, 11) is 1.74. The highest BCUT2D eigenvalue weighted by Crippen LogP contribution is 2.14. The Hall–Kier alpha value is -2.57. The van der Waals surface area contributed by atoms with Gasteiger partial charge in [0.2, 0.25) is 0 Å². The maximum atomic E-state index is 12.1. The molecule has 7 nitrogen and oxygen atoms in total. The van der Waals surface area contributed by atoms with E-state index in [4.69, 9.17) is 4.74 Å². The molecule has 0 saturated heterocycles. The fourth-order valence-electron chi connectivity index (χ4n) is 2.00. The zero-order chi connectivity index (χ0) is 16.3. The van der Waals surface area contributed by atoms with Gasteiger partial charge in [-0.1, -0.05) is 0 Å². The number of aryl methyl sites for hydroxylation is 1. The van der Waals surface area contributed by atoms with E-state index in [0.29, 0.717) is 11.5 Å². The highest BCUT2D eigenvalue weighted by molar-refractivity contribution is 5.96. The van der Waals surface area contributed by atoms with Crippen molar-refractivity contribution in [2.24, 2.45) is 7.05 Å². The number of rotatable bonds is 5. The number of anilines is 1. The van der Waals surface area contributed by atoms with Gasteiger partial charge in [0, 0.05) is 25.4 Å². The Kier molecular flexibility index (Phi) is 4.65. The van der Waals surface area contributed by atoms with Gasteiger partial charge in [0.05, 0.1) is 6.20 Å². The third kappa shape index (κ3) is 3.36. The average Bonchev–Trinajstić information content (AvgIpc) is 3.07. The zero-order valence-corrected chi connectivity index (χ0v) is 13.1. The Labute approximate surface area is 128 Å². The summed E-state index contributed by atoms with van der Waals surface area (Å²) in [5.74, 6) is -0.362. The van der Waals surface area contributed by atoms with Crippen molar-refractivity contribution in [3.63, 3.8) is 0 Å². The van der Waals surface area contributed by atoms with E-state index in [1.807, 2.05) is 13.8 Å². The van der Waals surface area contributed by atoms with E-state index in [-0.39, 0.29) is 6.04 Å². The Morgan fingerprint density at radius 3 is 2.59 bits per heavy atom. The largest absolute Gasteiger partial charge is 0.448 e. The molecule has 2 aromatic rings. The van der Waals surface area contributed by atoms with E-state index in [9.17, 15) is 9.59 Å². The van der Waals surface area contributed by atoms with Gasteiger partial charge in [-0.25, -0.2) is 9.48 Å². The van der Waals surface area contributed by atoms with Crippen molar-refractivity contribution in [3.8, 4) is 0 Å². The first-order valence-corrected chi connectivity index (χ1v) is 7.07. The van der Waals surface area contributed by atoms with Crippen LogP contribution in [0.4, 0.5) is 5.82 Å². The number of nitrogens with zero attached hydrogens (tertiary/aromatic N) is 3. The highest BCUT2D eigenvalue weighted by atomic mass is 16.5. The molecule has 0 aromatic carbocycles. The van der Waals surface area contributed by atoms with Crippen LogP contribution in [0.25, 0.3) is 0 Å². The van der Waals surface area contributed by atoms with Crippen LogP contribution in [0.15, 0.2) is 30.6 Å². The Morgan fingerprint density at radius 2 is 2.00 bits per heavy atom. The van der Waals surface area contributed by atoms with Crippen molar-refractivity contribution in [2.45, 2.75) is 32.9 Å². The second-order valence-corrected chi connectivity index (χ2v) is 5.30. The van der Waals surface area contributed by atoms with Gasteiger partial charge in [0.1, 0.15) is 11.5 Å². The quantitative estimate of drug-likeness (QED) is 0.857. The molecule has 0 spiro atoms. The summed E-state index contributed by atoms with van der Waals surface area (Å²) < 4.78 is 8.51. The molecule has 0 aliphatic rings. The van der Waals surface area contributed by atoms with E-state index in [1.54, 1.807) is 46.9 Å². The van der Waals surface area contributed by atoms with Gasteiger partial charge in [0.15, 0.2) is 6.10 Å². The molecular formula is C15H20N4O3. The van der Waals surface area contributed by atoms with Crippen LogP contribution >= 0.6 is 0 Å². The SMILES string of the molecule is CC(C)n1nccc1NC(=O)[C@H](C)OC(=O)c1cccn1C. The van der Waals surface area contributed by atoms with Crippen molar-refractivity contribution in [3.05, 3.63) is 36.3 Å². The molecule has 0 bridgehead atoms. The number of carbonyl (C=O) groups is 2. The lowest BCUT2D eigenvalue weighted by Gasteiger charge is -2.15. The standard InChI is InChI=1S/C15H20N4O3/c1-10(2)19-13(7-8-16-19)17-14(20)11(3)22-15(21)12-6-5-9-18(12)4/h5-11H,1-4H3,(H,17,20)/t11-/m0/s1. The van der Waals surface area contributed by atoms with E-state index >= 15 is 0 Å². The van der Waals surface area contributed by atoms with Gasteiger partial charge in [-0.2, -0.15) is 5.10 Å². The summed E-state index contributed by atoms with van der Waals surface area (Å²) in [5, 5.41) is 6.85. The molecule has 1 amide bonds. The molecule has 0 saturated carbocycles. The molecule has 0 unspecified atom stereocenters. The highest BCUT2D eigenvalue weighted by Gasteiger charge is 2.21.